The lowest BCUT2D eigenvalue weighted by atomic mass is 9.85. The monoisotopic (exact) mass is 420 g/mol. The molecule has 2 aromatic carbocycles. The normalized spacial score (nSPS) is 12.2. The predicted octanol–water partition coefficient (Wildman–Crippen LogP) is 3.38. The lowest BCUT2D eigenvalue weighted by molar-refractivity contribution is -0.131. The maximum absolute atomic E-state index is 13.4. The molecule has 0 unspecified atom stereocenters. The van der Waals surface area contributed by atoms with Gasteiger partial charge in [-0.25, -0.2) is 4.79 Å². The van der Waals surface area contributed by atoms with Gasteiger partial charge in [-0.1, -0.05) is 36.4 Å². The first-order chi connectivity index (χ1) is 14.3. The number of carboxylic acids is 1. The molecule has 0 atom stereocenters. The van der Waals surface area contributed by atoms with Gasteiger partial charge in [0.05, 0.1) is 21.6 Å². The van der Waals surface area contributed by atoms with Crippen molar-refractivity contribution in [2.75, 3.05) is 0 Å². The molecule has 3 aromatic rings. The number of benzene rings is 2. The fraction of sp³-hybridized carbons (Fsp3) is 0.0455. The van der Waals surface area contributed by atoms with Gasteiger partial charge in [0.2, 0.25) is 5.78 Å². The summed E-state index contributed by atoms with van der Waals surface area (Å²) in [5, 5.41) is 9.67. The van der Waals surface area contributed by atoms with Crippen LogP contribution >= 0.6 is 11.3 Å². The molecule has 7 nitrogen and oxygen atoms in total. The molecule has 0 radical (unpaired) electrons. The second-order valence-corrected chi connectivity index (χ2v) is 7.46. The van der Waals surface area contributed by atoms with Gasteiger partial charge in [0.15, 0.2) is 11.6 Å². The van der Waals surface area contributed by atoms with Crippen LogP contribution < -0.4 is 4.74 Å². The minimum atomic E-state index is -1.44. The molecular formula is C22H12O7S. The highest BCUT2D eigenvalue weighted by Gasteiger charge is 2.39. The van der Waals surface area contributed by atoms with Gasteiger partial charge in [0, 0.05) is 18.1 Å². The molecule has 0 fully saturated rings. The number of ether oxygens (including phenoxy) is 1. The number of hydrogen-bond acceptors (Lipinski definition) is 7. The van der Waals surface area contributed by atoms with Crippen molar-refractivity contribution >= 4 is 40.6 Å². The largest absolute Gasteiger partial charge is 0.477 e. The van der Waals surface area contributed by atoms with Gasteiger partial charge in [-0.2, -0.15) is 0 Å². The van der Waals surface area contributed by atoms with Crippen molar-refractivity contribution in [3.8, 4) is 5.75 Å². The summed E-state index contributed by atoms with van der Waals surface area (Å²) in [5.41, 5.74) is -0.437. The van der Waals surface area contributed by atoms with E-state index in [1.165, 1.54) is 30.3 Å². The van der Waals surface area contributed by atoms with E-state index in [1.54, 1.807) is 18.2 Å². The Morgan fingerprint density at radius 2 is 1.50 bits per heavy atom. The molecule has 1 aliphatic carbocycles. The summed E-state index contributed by atoms with van der Waals surface area (Å²) in [7, 11) is 0. The number of esters is 1. The summed E-state index contributed by atoms with van der Waals surface area (Å²) < 4.78 is 5.06. The van der Waals surface area contributed by atoms with E-state index in [-0.39, 0.29) is 38.4 Å². The summed E-state index contributed by atoms with van der Waals surface area (Å²) in [6, 6.07) is 11.9. The van der Waals surface area contributed by atoms with Crippen molar-refractivity contribution in [1.82, 2.24) is 0 Å². The summed E-state index contributed by atoms with van der Waals surface area (Å²) in [6.07, 6.45) is 0. The van der Waals surface area contributed by atoms with E-state index in [9.17, 15) is 29.1 Å². The van der Waals surface area contributed by atoms with Crippen molar-refractivity contribution in [1.29, 1.82) is 0 Å². The van der Waals surface area contributed by atoms with Crippen molar-refractivity contribution in [3.63, 3.8) is 0 Å². The van der Waals surface area contributed by atoms with E-state index in [1.807, 2.05) is 0 Å². The smallest absolute Gasteiger partial charge is 0.346 e. The Bertz CT molecular complexity index is 1280. The zero-order valence-electron chi connectivity index (χ0n) is 15.4. The summed E-state index contributed by atoms with van der Waals surface area (Å²) in [5.74, 6) is -4.10. The van der Waals surface area contributed by atoms with Crippen LogP contribution in [-0.4, -0.2) is 34.4 Å². The molecule has 0 saturated carbocycles. The fourth-order valence-corrected chi connectivity index (χ4v) is 4.43. The van der Waals surface area contributed by atoms with E-state index >= 15 is 0 Å². The van der Waals surface area contributed by atoms with Crippen LogP contribution in [0.4, 0.5) is 0 Å². The minimum absolute atomic E-state index is 0.0683. The third-order valence-corrected chi connectivity index (χ3v) is 5.74. The molecule has 4 rings (SSSR count). The predicted molar refractivity (Wildman–Crippen MR) is 106 cm³/mol. The van der Waals surface area contributed by atoms with Crippen molar-refractivity contribution in [2.45, 2.75) is 6.92 Å². The van der Waals surface area contributed by atoms with Crippen LogP contribution in [0.1, 0.15) is 63.7 Å². The molecule has 8 heteroatoms. The molecule has 30 heavy (non-hydrogen) atoms. The highest BCUT2D eigenvalue weighted by Crippen LogP contribution is 2.39. The first-order valence-electron chi connectivity index (χ1n) is 8.72. The Hall–Kier alpha value is -3.91. The molecule has 0 bridgehead atoms. The van der Waals surface area contributed by atoms with Crippen LogP contribution in [0.2, 0.25) is 0 Å². The molecule has 1 aromatic heterocycles. The molecule has 0 aliphatic heterocycles. The van der Waals surface area contributed by atoms with Crippen LogP contribution in [0.3, 0.4) is 0 Å². The molecular weight excluding hydrogens is 408 g/mol. The number of carbonyl (C=O) groups excluding carboxylic acids is 4. The Morgan fingerprint density at radius 1 is 0.900 bits per heavy atom. The number of rotatable bonds is 4. The zero-order valence-corrected chi connectivity index (χ0v) is 16.2. The van der Waals surface area contributed by atoms with E-state index < -0.39 is 34.2 Å². The van der Waals surface area contributed by atoms with Gasteiger partial charge in [0.1, 0.15) is 10.6 Å². The van der Waals surface area contributed by atoms with Crippen LogP contribution in [0.15, 0.2) is 48.5 Å². The number of carboxylic acid groups (broad SMARTS) is 1. The summed E-state index contributed by atoms with van der Waals surface area (Å²) in [4.78, 5) is 62.1. The minimum Gasteiger partial charge on any atom is -0.477 e. The SMILES string of the molecule is CC(=O)Oc1ccccc1C(=O)c1c(C(=O)O)sc2c1C(=O)c1ccccc1C2=O. The van der Waals surface area contributed by atoms with Gasteiger partial charge in [-0.05, 0) is 12.1 Å². The standard InChI is InChI=1S/C22H12O7S/c1-10(23)29-14-9-5-4-8-13(14)18(25)16-15-17(24)11-6-2-3-7-12(11)19(26)20(15)30-21(16)22(27)28/h2-9H,1H3,(H,27,28). The highest BCUT2D eigenvalue weighted by atomic mass is 32.1. The molecule has 0 saturated heterocycles. The van der Waals surface area contributed by atoms with Crippen molar-refractivity contribution in [3.05, 3.63) is 86.1 Å². The lowest BCUT2D eigenvalue weighted by Crippen LogP contribution is -2.22. The van der Waals surface area contributed by atoms with Gasteiger partial charge in [-0.3, -0.25) is 19.2 Å². The Morgan fingerprint density at radius 3 is 2.13 bits per heavy atom. The number of ketones is 3. The van der Waals surface area contributed by atoms with Gasteiger partial charge in [0.25, 0.3) is 0 Å². The van der Waals surface area contributed by atoms with Gasteiger partial charge in [-0.15, -0.1) is 11.3 Å². The summed E-state index contributed by atoms with van der Waals surface area (Å²) in [6.45, 7) is 1.16. The maximum Gasteiger partial charge on any atom is 0.346 e. The topological polar surface area (TPSA) is 115 Å². The zero-order chi connectivity index (χ0) is 21.6. The van der Waals surface area contributed by atoms with Crippen LogP contribution in [0.25, 0.3) is 0 Å². The Balaban J connectivity index is 1.97. The second kappa shape index (κ2) is 7.16. The third kappa shape index (κ3) is 2.94. The summed E-state index contributed by atoms with van der Waals surface area (Å²) >= 11 is 0.590. The first kappa shape index (κ1) is 19.4. The third-order valence-electron chi connectivity index (χ3n) is 4.56. The molecule has 1 heterocycles. The average molecular weight is 420 g/mol. The second-order valence-electron chi connectivity index (χ2n) is 6.44. The molecule has 1 N–H and O–H groups in total. The number of para-hydroxylation sites is 1. The van der Waals surface area contributed by atoms with Gasteiger partial charge < -0.3 is 9.84 Å². The van der Waals surface area contributed by atoms with E-state index in [0.717, 1.165) is 6.92 Å². The van der Waals surface area contributed by atoms with Crippen molar-refractivity contribution < 1.29 is 33.8 Å². The van der Waals surface area contributed by atoms with E-state index in [0.29, 0.717) is 11.3 Å². The van der Waals surface area contributed by atoms with Crippen LogP contribution in [0, 0.1) is 0 Å². The molecule has 148 valence electrons. The fourth-order valence-electron chi connectivity index (χ4n) is 3.34. The van der Waals surface area contributed by atoms with Crippen molar-refractivity contribution in [2.24, 2.45) is 0 Å². The highest BCUT2D eigenvalue weighted by molar-refractivity contribution is 7.17. The number of thiophene rings is 1. The van der Waals surface area contributed by atoms with E-state index in [2.05, 4.69) is 0 Å². The van der Waals surface area contributed by atoms with Gasteiger partial charge >= 0.3 is 11.9 Å². The molecule has 1 aliphatic rings. The number of carbonyl (C=O) groups is 5. The number of hydrogen-bond donors (Lipinski definition) is 1. The Labute approximate surface area is 173 Å². The van der Waals surface area contributed by atoms with Crippen LogP contribution in [-0.2, 0) is 4.79 Å². The quantitative estimate of drug-likeness (QED) is 0.306. The van der Waals surface area contributed by atoms with Crippen LogP contribution in [0.5, 0.6) is 5.75 Å². The average Bonchev–Trinajstić information content (AvgIpc) is 3.13. The maximum atomic E-state index is 13.4. The van der Waals surface area contributed by atoms with E-state index in [4.69, 9.17) is 4.74 Å². The number of fused-ring (bicyclic) bond motifs is 2. The number of aromatic carboxylic acids is 1. The molecule has 0 spiro atoms. The molecule has 0 amide bonds. The first-order valence-corrected chi connectivity index (χ1v) is 9.53. The Kier molecular flexibility index (Phi) is 4.63. The lowest BCUT2D eigenvalue weighted by Gasteiger charge is -2.15.